The molecule has 0 saturated heterocycles. The number of sulfonamides is 1. The molecule has 0 aliphatic rings. The van der Waals surface area contributed by atoms with E-state index >= 15 is 0 Å². The van der Waals surface area contributed by atoms with Crippen LogP contribution in [0.1, 0.15) is 21.5 Å². The molecule has 0 heterocycles. The first-order valence-corrected chi connectivity index (χ1v) is 9.46. The van der Waals surface area contributed by atoms with Gasteiger partial charge in [0.25, 0.3) is 10.0 Å². The summed E-state index contributed by atoms with van der Waals surface area (Å²) in [6, 6.07) is 21.2. The van der Waals surface area contributed by atoms with Gasteiger partial charge < -0.3 is 5.11 Å². The number of aromatic carboxylic acids is 1. The van der Waals surface area contributed by atoms with Crippen LogP contribution in [0.4, 0.5) is 5.69 Å². The highest BCUT2D eigenvalue weighted by Crippen LogP contribution is 2.18. The number of hydrogen-bond donors (Lipinski definition) is 2. The van der Waals surface area contributed by atoms with Crippen LogP contribution >= 0.6 is 0 Å². The van der Waals surface area contributed by atoms with Gasteiger partial charge in [-0.05, 0) is 54.6 Å². The lowest BCUT2D eigenvalue weighted by Gasteiger charge is -2.08. The first kappa shape index (κ1) is 18.2. The molecule has 0 atom stereocenters. The van der Waals surface area contributed by atoms with Crippen molar-refractivity contribution >= 4 is 21.7 Å². The standard InChI is InChI=1S/C21H15NO4S/c23-21(24)18-11-13-20(14-12-18)27(25,26)22-19-8-4-7-17(15-19)10-9-16-5-2-1-3-6-16/h1-8,11-15,22H,(H,23,24). The summed E-state index contributed by atoms with van der Waals surface area (Å²) in [5, 5.41) is 8.90. The van der Waals surface area contributed by atoms with Crippen molar-refractivity contribution in [3.05, 3.63) is 95.6 Å². The van der Waals surface area contributed by atoms with Gasteiger partial charge in [0.1, 0.15) is 0 Å². The quantitative estimate of drug-likeness (QED) is 0.681. The van der Waals surface area contributed by atoms with Crippen LogP contribution in [0.2, 0.25) is 0 Å². The largest absolute Gasteiger partial charge is 0.478 e. The molecule has 0 aromatic heterocycles. The molecule has 0 saturated carbocycles. The smallest absolute Gasteiger partial charge is 0.335 e. The maximum absolute atomic E-state index is 12.5. The van der Waals surface area contributed by atoms with Crippen molar-refractivity contribution in [2.45, 2.75) is 4.90 Å². The first-order valence-electron chi connectivity index (χ1n) is 7.97. The van der Waals surface area contributed by atoms with Crippen molar-refractivity contribution in [1.82, 2.24) is 0 Å². The molecule has 0 aliphatic carbocycles. The van der Waals surface area contributed by atoms with Crippen LogP contribution in [0.15, 0.2) is 83.8 Å². The molecule has 0 radical (unpaired) electrons. The normalized spacial score (nSPS) is 10.5. The second-order valence-electron chi connectivity index (χ2n) is 5.63. The van der Waals surface area contributed by atoms with Crippen molar-refractivity contribution in [1.29, 1.82) is 0 Å². The lowest BCUT2D eigenvalue weighted by molar-refractivity contribution is 0.0696. The monoisotopic (exact) mass is 377 g/mol. The van der Waals surface area contributed by atoms with E-state index in [2.05, 4.69) is 16.6 Å². The highest BCUT2D eigenvalue weighted by molar-refractivity contribution is 7.92. The van der Waals surface area contributed by atoms with Gasteiger partial charge in [-0.2, -0.15) is 0 Å². The highest BCUT2D eigenvalue weighted by Gasteiger charge is 2.15. The van der Waals surface area contributed by atoms with Gasteiger partial charge in [-0.25, -0.2) is 13.2 Å². The third-order valence-corrected chi connectivity index (χ3v) is 5.05. The fourth-order valence-corrected chi connectivity index (χ4v) is 3.37. The summed E-state index contributed by atoms with van der Waals surface area (Å²) in [6.45, 7) is 0. The SMILES string of the molecule is O=C(O)c1ccc(S(=O)(=O)Nc2cccc(C#Cc3ccccc3)c2)cc1. The molecule has 0 fully saturated rings. The zero-order valence-corrected chi connectivity index (χ0v) is 14.9. The Kier molecular flexibility index (Phi) is 5.25. The molecule has 134 valence electrons. The van der Waals surface area contributed by atoms with Crippen LogP contribution in [0.5, 0.6) is 0 Å². The van der Waals surface area contributed by atoms with E-state index in [0.29, 0.717) is 11.3 Å². The summed E-state index contributed by atoms with van der Waals surface area (Å²) in [6.07, 6.45) is 0. The summed E-state index contributed by atoms with van der Waals surface area (Å²) in [4.78, 5) is 10.9. The van der Waals surface area contributed by atoms with E-state index in [0.717, 1.165) is 5.56 Å². The minimum atomic E-state index is -3.83. The molecule has 0 amide bonds. The van der Waals surface area contributed by atoms with Crippen LogP contribution in [0.25, 0.3) is 0 Å². The Morgan fingerprint density at radius 1 is 0.815 bits per heavy atom. The van der Waals surface area contributed by atoms with Crippen molar-refractivity contribution < 1.29 is 18.3 Å². The molecule has 0 unspecified atom stereocenters. The Bertz CT molecular complexity index is 1130. The summed E-state index contributed by atoms with van der Waals surface area (Å²) in [5.41, 5.74) is 1.92. The van der Waals surface area contributed by atoms with Gasteiger partial charge in [-0.1, -0.05) is 36.1 Å². The number of benzene rings is 3. The van der Waals surface area contributed by atoms with E-state index in [1.54, 1.807) is 24.3 Å². The van der Waals surface area contributed by atoms with Crippen LogP contribution in [-0.4, -0.2) is 19.5 Å². The molecule has 0 aliphatic heterocycles. The maximum atomic E-state index is 12.5. The fraction of sp³-hybridized carbons (Fsp3) is 0. The summed E-state index contributed by atoms with van der Waals surface area (Å²) >= 11 is 0. The van der Waals surface area contributed by atoms with Crippen LogP contribution in [0.3, 0.4) is 0 Å². The van der Waals surface area contributed by atoms with Gasteiger partial charge in [-0.15, -0.1) is 0 Å². The first-order chi connectivity index (χ1) is 12.9. The molecule has 6 heteroatoms. The van der Waals surface area contributed by atoms with Crippen molar-refractivity contribution in [2.75, 3.05) is 4.72 Å². The second-order valence-corrected chi connectivity index (χ2v) is 7.31. The Balaban J connectivity index is 1.81. The third kappa shape index (κ3) is 4.75. The molecule has 0 spiro atoms. The molecule has 3 rings (SSSR count). The van der Waals surface area contributed by atoms with E-state index in [9.17, 15) is 13.2 Å². The van der Waals surface area contributed by atoms with Gasteiger partial charge in [0.2, 0.25) is 0 Å². The zero-order chi connectivity index (χ0) is 19.3. The predicted octanol–water partition coefficient (Wildman–Crippen LogP) is 3.59. The predicted molar refractivity (Wildman–Crippen MR) is 103 cm³/mol. The molecular weight excluding hydrogens is 362 g/mol. The average Bonchev–Trinajstić information content (AvgIpc) is 2.67. The van der Waals surface area contributed by atoms with Crippen molar-refractivity contribution in [3.63, 3.8) is 0 Å². The number of nitrogens with one attached hydrogen (secondary N) is 1. The van der Waals surface area contributed by atoms with Crippen LogP contribution < -0.4 is 4.72 Å². The summed E-state index contributed by atoms with van der Waals surface area (Å²) in [5.74, 6) is 4.90. The van der Waals surface area contributed by atoms with Gasteiger partial charge in [0.15, 0.2) is 0 Å². The highest BCUT2D eigenvalue weighted by atomic mass is 32.2. The number of carboxylic acids is 1. The number of carbonyl (C=O) groups is 1. The summed E-state index contributed by atoms with van der Waals surface area (Å²) in [7, 11) is -3.83. The van der Waals surface area contributed by atoms with Crippen molar-refractivity contribution in [2.24, 2.45) is 0 Å². The summed E-state index contributed by atoms with van der Waals surface area (Å²) < 4.78 is 27.4. The van der Waals surface area contributed by atoms with Gasteiger partial charge in [-0.3, -0.25) is 4.72 Å². The van der Waals surface area contributed by atoms with Gasteiger partial charge in [0, 0.05) is 11.1 Å². The van der Waals surface area contributed by atoms with E-state index < -0.39 is 16.0 Å². The molecule has 0 bridgehead atoms. The van der Waals surface area contributed by atoms with E-state index in [1.165, 1.54) is 24.3 Å². The van der Waals surface area contributed by atoms with Crippen LogP contribution in [-0.2, 0) is 10.0 Å². The molecule has 5 nitrogen and oxygen atoms in total. The van der Waals surface area contributed by atoms with E-state index in [4.69, 9.17) is 5.11 Å². The third-order valence-electron chi connectivity index (χ3n) is 3.65. The van der Waals surface area contributed by atoms with Crippen LogP contribution in [0, 0.1) is 11.8 Å². The second kappa shape index (κ2) is 7.77. The Morgan fingerprint density at radius 2 is 1.44 bits per heavy atom. The topological polar surface area (TPSA) is 83.5 Å². The number of hydrogen-bond acceptors (Lipinski definition) is 3. The Labute approximate surface area is 157 Å². The van der Waals surface area contributed by atoms with Crippen molar-refractivity contribution in [3.8, 4) is 11.8 Å². The van der Waals surface area contributed by atoms with E-state index in [1.807, 2.05) is 30.3 Å². The molecule has 2 N–H and O–H groups in total. The average molecular weight is 377 g/mol. The van der Waals surface area contributed by atoms with Gasteiger partial charge >= 0.3 is 5.97 Å². The Hall–Kier alpha value is -3.56. The minimum absolute atomic E-state index is 0.0201. The van der Waals surface area contributed by atoms with E-state index in [-0.39, 0.29) is 10.5 Å². The zero-order valence-electron chi connectivity index (χ0n) is 14.1. The molecule has 3 aromatic carbocycles. The lowest BCUT2D eigenvalue weighted by Crippen LogP contribution is -2.13. The lowest BCUT2D eigenvalue weighted by atomic mass is 10.2. The minimum Gasteiger partial charge on any atom is -0.478 e. The molecular formula is C21H15NO4S. The molecule has 27 heavy (non-hydrogen) atoms. The molecule has 3 aromatic rings. The maximum Gasteiger partial charge on any atom is 0.335 e. The number of rotatable bonds is 4. The number of carboxylic acid groups (broad SMARTS) is 1. The Morgan fingerprint density at radius 3 is 2.11 bits per heavy atom. The van der Waals surface area contributed by atoms with Gasteiger partial charge in [0.05, 0.1) is 16.1 Å². The number of anilines is 1. The fourth-order valence-electron chi connectivity index (χ4n) is 2.32.